The average Bonchev–Trinajstić information content (AvgIpc) is 2.40. The van der Waals surface area contributed by atoms with Crippen LogP contribution in [0.15, 0.2) is 18.2 Å². The summed E-state index contributed by atoms with van der Waals surface area (Å²) in [5.41, 5.74) is 1.32. The van der Waals surface area contributed by atoms with Gasteiger partial charge in [-0.05, 0) is 49.4 Å². The minimum Gasteiger partial charge on any atom is -0.493 e. The van der Waals surface area contributed by atoms with Crippen LogP contribution in [0.25, 0.3) is 0 Å². The van der Waals surface area contributed by atoms with Crippen molar-refractivity contribution in [1.82, 2.24) is 5.32 Å². The first kappa shape index (κ1) is 14.2. The highest BCUT2D eigenvalue weighted by atomic mass is 16.5. The largest absolute Gasteiger partial charge is 0.493 e. The van der Waals surface area contributed by atoms with Gasteiger partial charge in [-0.3, -0.25) is 0 Å². The highest BCUT2D eigenvalue weighted by Crippen LogP contribution is 2.40. The number of rotatable bonds is 7. The van der Waals surface area contributed by atoms with E-state index in [1.165, 1.54) is 24.8 Å². The minimum absolute atomic E-state index is 0.452. The summed E-state index contributed by atoms with van der Waals surface area (Å²) in [5, 5.41) is 3.68. The monoisotopic (exact) mass is 263 g/mol. The Morgan fingerprint density at radius 2 is 1.95 bits per heavy atom. The maximum absolute atomic E-state index is 5.41. The lowest BCUT2D eigenvalue weighted by Gasteiger charge is -2.35. The number of benzene rings is 1. The van der Waals surface area contributed by atoms with E-state index in [1.807, 2.05) is 6.07 Å². The molecule has 0 radical (unpaired) electrons. The molecule has 1 aromatic carbocycles. The molecular weight excluding hydrogens is 238 g/mol. The van der Waals surface area contributed by atoms with E-state index in [4.69, 9.17) is 9.47 Å². The first-order valence-electron chi connectivity index (χ1n) is 7.25. The van der Waals surface area contributed by atoms with E-state index in [1.54, 1.807) is 14.2 Å². The molecule has 106 valence electrons. The fraction of sp³-hybridized carbons (Fsp3) is 0.625. The van der Waals surface area contributed by atoms with Crippen LogP contribution in [0.3, 0.4) is 0 Å². The minimum atomic E-state index is 0.452. The van der Waals surface area contributed by atoms with Crippen LogP contribution in [-0.4, -0.2) is 20.8 Å². The molecule has 0 amide bonds. The van der Waals surface area contributed by atoms with Crippen molar-refractivity contribution in [2.24, 2.45) is 5.92 Å². The van der Waals surface area contributed by atoms with E-state index in [-0.39, 0.29) is 0 Å². The SMILES string of the molecule is CCCNC(c1ccc(OC)c(OC)c1)C1CCC1. The first-order valence-corrected chi connectivity index (χ1v) is 7.25. The second kappa shape index (κ2) is 6.80. The molecule has 1 aliphatic carbocycles. The molecule has 0 bridgehead atoms. The smallest absolute Gasteiger partial charge is 0.161 e. The fourth-order valence-corrected chi connectivity index (χ4v) is 2.68. The predicted octanol–water partition coefficient (Wildman–Crippen LogP) is 3.54. The quantitative estimate of drug-likeness (QED) is 0.816. The molecule has 3 heteroatoms. The second-order valence-corrected chi connectivity index (χ2v) is 5.24. The Morgan fingerprint density at radius 1 is 1.21 bits per heavy atom. The van der Waals surface area contributed by atoms with Crippen molar-refractivity contribution in [3.05, 3.63) is 23.8 Å². The molecule has 2 rings (SSSR count). The van der Waals surface area contributed by atoms with Crippen molar-refractivity contribution in [2.75, 3.05) is 20.8 Å². The molecule has 3 nitrogen and oxygen atoms in total. The number of methoxy groups -OCH3 is 2. The topological polar surface area (TPSA) is 30.5 Å². The van der Waals surface area contributed by atoms with Gasteiger partial charge in [0.1, 0.15) is 0 Å². The van der Waals surface area contributed by atoms with Crippen molar-refractivity contribution in [3.8, 4) is 11.5 Å². The molecule has 0 spiro atoms. The Hall–Kier alpha value is -1.22. The van der Waals surface area contributed by atoms with E-state index >= 15 is 0 Å². The number of nitrogens with one attached hydrogen (secondary N) is 1. The second-order valence-electron chi connectivity index (χ2n) is 5.24. The van der Waals surface area contributed by atoms with Gasteiger partial charge in [0.05, 0.1) is 14.2 Å². The summed E-state index contributed by atoms with van der Waals surface area (Å²) >= 11 is 0. The maximum Gasteiger partial charge on any atom is 0.161 e. The van der Waals surface area contributed by atoms with Gasteiger partial charge in [0.25, 0.3) is 0 Å². The molecule has 0 aliphatic heterocycles. The van der Waals surface area contributed by atoms with E-state index in [2.05, 4.69) is 24.4 Å². The summed E-state index contributed by atoms with van der Waals surface area (Å²) in [7, 11) is 3.37. The van der Waals surface area contributed by atoms with Crippen LogP contribution in [0.4, 0.5) is 0 Å². The van der Waals surface area contributed by atoms with E-state index in [0.29, 0.717) is 6.04 Å². The van der Waals surface area contributed by atoms with Crippen LogP contribution < -0.4 is 14.8 Å². The van der Waals surface area contributed by atoms with Crippen LogP contribution in [0.2, 0.25) is 0 Å². The molecule has 1 atom stereocenters. The van der Waals surface area contributed by atoms with Crippen LogP contribution in [0.1, 0.15) is 44.2 Å². The molecule has 0 saturated heterocycles. The zero-order chi connectivity index (χ0) is 13.7. The van der Waals surface area contributed by atoms with Gasteiger partial charge in [0.15, 0.2) is 11.5 Å². The standard InChI is InChI=1S/C16H25NO2/c1-4-10-17-16(12-6-5-7-12)13-8-9-14(18-2)15(11-13)19-3/h8-9,11-12,16-17H,4-7,10H2,1-3H3. The molecule has 1 unspecified atom stereocenters. The fourth-order valence-electron chi connectivity index (χ4n) is 2.68. The van der Waals surface area contributed by atoms with Crippen molar-refractivity contribution >= 4 is 0 Å². The highest BCUT2D eigenvalue weighted by Gasteiger charge is 2.28. The van der Waals surface area contributed by atoms with Gasteiger partial charge in [0.2, 0.25) is 0 Å². The average molecular weight is 263 g/mol. The first-order chi connectivity index (χ1) is 9.30. The Labute approximate surface area is 116 Å². The third kappa shape index (κ3) is 3.21. The molecule has 0 aromatic heterocycles. The number of hydrogen-bond donors (Lipinski definition) is 1. The molecule has 0 heterocycles. The van der Waals surface area contributed by atoms with Gasteiger partial charge in [-0.2, -0.15) is 0 Å². The van der Waals surface area contributed by atoms with Gasteiger partial charge in [-0.1, -0.05) is 19.4 Å². The Morgan fingerprint density at radius 3 is 2.47 bits per heavy atom. The molecular formula is C16H25NO2. The lowest BCUT2D eigenvalue weighted by molar-refractivity contribution is 0.230. The summed E-state index contributed by atoms with van der Waals surface area (Å²) < 4.78 is 10.7. The summed E-state index contributed by atoms with van der Waals surface area (Å²) in [4.78, 5) is 0. The molecule has 1 saturated carbocycles. The molecule has 1 aromatic rings. The Kier molecular flexibility index (Phi) is 5.08. The normalized spacial score (nSPS) is 16.8. The zero-order valence-corrected chi connectivity index (χ0v) is 12.2. The number of hydrogen-bond acceptors (Lipinski definition) is 3. The molecule has 1 N–H and O–H groups in total. The van der Waals surface area contributed by atoms with Crippen molar-refractivity contribution < 1.29 is 9.47 Å². The van der Waals surface area contributed by atoms with E-state index in [9.17, 15) is 0 Å². The Bertz CT molecular complexity index is 402. The van der Waals surface area contributed by atoms with Crippen LogP contribution >= 0.6 is 0 Å². The molecule has 1 fully saturated rings. The van der Waals surface area contributed by atoms with Crippen molar-refractivity contribution in [1.29, 1.82) is 0 Å². The van der Waals surface area contributed by atoms with Crippen LogP contribution in [0, 0.1) is 5.92 Å². The van der Waals surface area contributed by atoms with Crippen LogP contribution in [-0.2, 0) is 0 Å². The molecule has 1 aliphatic rings. The lowest BCUT2D eigenvalue weighted by Crippen LogP contribution is -2.32. The highest BCUT2D eigenvalue weighted by molar-refractivity contribution is 5.44. The summed E-state index contributed by atoms with van der Waals surface area (Å²) in [6.07, 6.45) is 5.18. The van der Waals surface area contributed by atoms with Crippen molar-refractivity contribution in [2.45, 2.75) is 38.6 Å². The summed E-state index contributed by atoms with van der Waals surface area (Å²) in [6.45, 7) is 3.27. The molecule has 19 heavy (non-hydrogen) atoms. The summed E-state index contributed by atoms with van der Waals surface area (Å²) in [6, 6.07) is 6.73. The third-order valence-electron chi connectivity index (χ3n) is 4.00. The van der Waals surface area contributed by atoms with Gasteiger partial charge >= 0.3 is 0 Å². The van der Waals surface area contributed by atoms with Gasteiger partial charge < -0.3 is 14.8 Å². The zero-order valence-electron chi connectivity index (χ0n) is 12.2. The van der Waals surface area contributed by atoms with Crippen molar-refractivity contribution in [3.63, 3.8) is 0 Å². The Balaban J connectivity index is 2.19. The van der Waals surface area contributed by atoms with E-state index in [0.717, 1.165) is 30.4 Å². The maximum atomic E-state index is 5.41. The van der Waals surface area contributed by atoms with Crippen LogP contribution in [0.5, 0.6) is 11.5 Å². The van der Waals surface area contributed by atoms with Gasteiger partial charge in [0, 0.05) is 6.04 Å². The number of ether oxygens (including phenoxy) is 2. The van der Waals surface area contributed by atoms with Gasteiger partial charge in [-0.25, -0.2) is 0 Å². The predicted molar refractivity (Wildman–Crippen MR) is 77.9 cm³/mol. The summed E-state index contributed by atoms with van der Waals surface area (Å²) in [5.74, 6) is 2.39. The van der Waals surface area contributed by atoms with E-state index < -0.39 is 0 Å². The lowest BCUT2D eigenvalue weighted by atomic mass is 9.77. The third-order valence-corrected chi connectivity index (χ3v) is 4.00. The van der Waals surface area contributed by atoms with Gasteiger partial charge in [-0.15, -0.1) is 0 Å².